The summed E-state index contributed by atoms with van der Waals surface area (Å²) in [5.74, 6) is -1.18. The molecule has 0 aliphatic heterocycles. The van der Waals surface area contributed by atoms with E-state index in [1.807, 2.05) is 0 Å². The minimum atomic E-state index is -1.18. The molecule has 8 heteroatoms. The molecule has 7 nitrogen and oxygen atoms in total. The van der Waals surface area contributed by atoms with Crippen molar-refractivity contribution in [2.75, 3.05) is 10.6 Å². The van der Waals surface area contributed by atoms with Gasteiger partial charge in [0.2, 0.25) is 0 Å². The molecule has 20 heavy (non-hydrogen) atoms. The fourth-order valence-corrected chi connectivity index (χ4v) is 1.74. The summed E-state index contributed by atoms with van der Waals surface area (Å²) in [6.45, 7) is 0. The van der Waals surface area contributed by atoms with E-state index in [1.165, 1.54) is 29.1 Å². The van der Waals surface area contributed by atoms with Gasteiger partial charge in [-0.1, -0.05) is 11.6 Å². The molecule has 0 bridgehead atoms. The first-order chi connectivity index (χ1) is 9.45. The van der Waals surface area contributed by atoms with Crippen LogP contribution >= 0.6 is 11.6 Å². The van der Waals surface area contributed by atoms with E-state index in [0.717, 1.165) is 0 Å². The van der Waals surface area contributed by atoms with Gasteiger partial charge in [0, 0.05) is 18.3 Å². The molecule has 0 saturated heterocycles. The highest BCUT2D eigenvalue weighted by atomic mass is 35.5. The number of carboxylic acids is 1. The molecule has 2 amide bonds. The van der Waals surface area contributed by atoms with E-state index in [-0.39, 0.29) is 16.3 Å². The number of benzene rings is 1. The Labute approximate surface area is 119 Å². The number of carbonyl (C=O) groups is 2. The van der Waals surface area contributed by atoms with Gasteiger partial charge in [-0.3, -0.25) is 4.68 Å². The van der Waals surface area contributed by atoms with Crippen LogP contribution in [0.15, 0.2) is 30.6 Å². The first-order valence-electron chi connectivity index (χ1n) is 5.55. The second-order valence-electron chi connectivity index (χ2n) is 3.98. The van der Waals surface area contributed by atoms with Crippen molar-refractivity contribution in [3.05, 3.63) is 41.2 Å². The molecular weight excluding hydrogens is 284 g/mol. The minimum Gasteiger partial charge on any atom is -0.478 e. The SMILES string of the molecule is Cn1cc(NC(=O)Nc2ccc(Cl)cc2C(=O)O)cn1. The van der Waals surface area contributed by atoms with Gasteiger partial charge in [-0.05, 0) is 18.2 Å². The zero-order valence-corrected chi connectivity index (χ0v) is 11.2. The maximum absolute atomic E-state index is 11.8. The maximum atomic E-state index is 11.8. The molecule has 0 fully saturated rings. The quantitative estimate of drug-likeness (QED) is 0.810. The number of nitrogens with one attached hydrogen (secondary N) is 2. The van der Waals surface area contributed by atoms with Crippen molar-refractivity contribution in [3.63, 3.8) is 0 Å². The monoisotopic (exact) mass is 294 g/mol. The number of halogens is 1. The molecule has 3 N–H and O–H groups in total. The topological polar surface area (TPSA) is 96.2 Å². The van der Waals surface area contributed by atoms with Crippen LogP contribution in [-0.2, 0) is 7.05 Å². The number of aryl methyl sites for hydroxylation is 1. The van der Waals surface area contributed by atoms with E-state index < -0.39 is 12.0 Å². The normalized spacial score (nSPS) is 10.1. The van der Waals surface area contributed by atoms with E-state index in [2.05, 4.69) is 15.7 Å². The Morgan fingerprint density at radius 2 is 2.10 bits per heavy atom. The highest BCUT2D eigenvalue weighted by molar-refractivity contribution is 6.31. The summed E-state index contributed by atoms with van der Waals surface area (Å²) in [6.07, 6.45) is 3.08. The molecule has 0 aliphatic rings. The summed E-state index contributed by atoms with van der Waals surface area (Å²) in [5, 5.41) is 18.2. The fraction of sp³-hybridized carbons (Fsp3) is 0.0833. The number of urea groups is 1. The summed E-state index contributed by atoms with van der Waals surface area (Å²) in [6, 6.07) is 3.62. The molecule has 2 rings (SSSR count). The Hall–Kier alpha value is -2.54. The predicted molar refractivity (Wildman–Crippen MR) is 74.3 cm³/mol. The van der Waals surface area contributed by atoms with Gasteiger partial charge in [-0.25, -0.2) is 9.59 Å². The van der Waals surface area contributed by atoms with E-state index in [1.54, 1.807) is 13.2 Å². The Morgan fingerprint density at radius 1 is 1.35 bits per heavy atom. The molecule has 0 spiro atoms. The first kappa shape index (κ1) is 13.9. The van der Waals surface area contributed by atoms with Crippen molar-refractivity contribution in [2.24, 2.45) is 7.05 Å². The maximum Gasteiger partial charge on any atom is 0.337 e. The lowest BCUT2D eigenvalue weighted by molar-refractivity contribution is 0.0698. The summed E-state index contributed by atoms with van der Waals surface area (Å²) in [5.41, 5.74) is 0.568. The van der Waals surface area contributed by atoms with Crippen LogP contribution in [0, 0.1) is 0 Å². The summed E-state index contributed by atoms with van der Waals surface area (Å²) < 4.78 is 1.53. The number of aromatic carboxylic acids is 1. The van der Waals surface area contributed by atoms with Gasteiger partial charge in [0.15, 0.2) is 0 Å². The summed E-state index contributed by atoms with van der Waals surface area (Å²) in [4.78, 5) is 22.8. The lowest BCUT2D eigenvalue weighted by atomic mass is 10.2. The first-order valence-corrected chi connectivity index (χ1v) is 5.93. The molecule has 0 aliphatic carbocycles. The number of carbonyl (C=O) groups excluding carboxylic acids is 1. The molecule has 1 aromatic heterocycles. The third-order valence-corrected chi connectivity index (χ3v) is 2.66. The van der Waals surface area contributed by atoms with Crippen LogP contribution in [0.1, 0.15) is 10.4 Å². The van der Waals surface area contributed by atoms with Gasteiger partial charge in [0.25, 0.3) is 0 Å². The van der Waals surface area contributed by atoms with Crippen LogP contribution in [0.25, 0.3) is 0 Å². The standard InChI is InChI=1S/C12H11ClN4O3/c1-17-6-8(5-14-17)15-12(20)16-10-3-2-7(13)4-9(10)11(18)19/h2-6H,1H3,(H,18,19)(H2,15,16,20). The van der Waals surface area contributed by atoms with E-state index in [0.29, 0.717) is 5.69 Å². The molecule has 0 unspecified atom stereocenters. The average Bonchev–Trinajstić information content (AvgIpc) is 2.76. The number of aromatic nitrogens is 2. The van der Waals surface area contributed by atoms with Crippen molar-refractivity contribution in [3.8, 4) is 0 Å². The molecule has 0 saturated carbocycles. The van der Waals surface area contributed by atoms with Gasteiger partial charge >= 0.3 is 12.0 Å². The second kappa shape index (κ2) is 5.62. The molecule has 2 aromatic rings. The van der Waals surface area contributed by atoms with Crippen molar-refractivity contribution >= 4 is 35.0 Å². The summed E-state index contributed by atoms with van der Waals surface area (Å²) >= 11 is 5.73. The van der Waals surface area contributed by atoms with Crippen molar-refractivity contribution in [1.29, 1.82) is 0 Å². The third-order valence-electron chi connectivity index (χ3n) is 2.42. The van der Waals surface area contributed by atoms with Crippen LogP contribution in [0.3, 0.4) is 0 Å². The number of hydrogen-bond acceptors (Lipinski definition) is 3. The molecule has 0 atom stereocenters. The second-order valence-corrected chi connectivity index (χ2v) is 4.41. The molecule has 1 heterocycles. The Morgan fingerprint density at radius 3 is 2.70 bits per heavy atom. The van der Waals surface area contributed by atoms with Crippen molar-refractivity contribution in [2.45, 2.75) is 0 Å². The van der Waals surface area contributed by atoms with Crippen LogP contribution in [0.4, 0.5) is 16.2 Å². The zero-order chi connectivity index (χ0) is 14.7. The largest absolute Gasteiger partial charge is 0.478 e. The minimum absolute atomic E-state index is 0.0844. The smallest absolute Gasteiger partial charge is 0.337 e. The zero-order valence-electron chi connectivity index (χ0n) is 10.4. The number of amides is 2. The van der Waals surface area contributed by atoms with E-state index >= 15 is 0 Å². The van der Waals surface area contributed by atoms with Gasteiger partial charge in [-0.15, -0.1) is 0 Å². The number of rotatable bonds is 3. The number of hydrogen-bond donors (Lipinski definition) is 3. The molecule has 1 aromatic carbocycles. The fourth-order valence-electron chi connectivity index (χ4n) is 1.57. The predicted octanol–water partition coefficient (Wildman–Crippen LogP) is 2.42. The highest BCUT2D eigenvalue weighted by Crippen LogP contribution is 2.21. The third kappa shape index (κ3) is 3.27. The van der Waals surface area contributed by atoms with Crippen molar-refractivity contribution < 1.29 is 14.7 Å². The van der Waals surface area contributed by atoms with Crippen LogP contribution < -0.4 is 10.6 Å². The van der Waals surface area contributed by atoms with Crippen molar-refractivity contribution in [1.82, 2.24) is 9.78 Å². The lowest BCUT2D eigenvalue weighted by Gasteiger charge is -2.09. The number of anilines is 2. The highest BCUT2D eigenvalue weighted by Gasteiger charge is 2.13. The van der Waals surface area contributed by atoms with E-state index in [9.17, 15) is 9.59 Å². The average molecular weight is 295 g/mol. The Bertz CT molecular complexity index is 668. The Kier molecular flexibility index (Phi) is 3.90. The Balaban J connectivity index is 2.13. The van der Waals surface area contributed by atoms with E-state index in [4.69, 9.17) is 16.7 Å². The number of carboxylic acid groups (broad SMARTS) is 1. The van der Waals surface area contributed by atoms with Gasteiger partial charge in [0.1, 0.15) is 0 Å². The van der Waals surface area contributed by atoms with Gasteiger partial charge in [-0.2, -0.15) is 5.10 Å². The van der Waals surface area contributed by atoms with Crippen LogP contribution in [-0.4, -0.2) is 26.9 Å². The van der Waals surface area contributed by atoms with Gasteiger partial charge < -0.3 is 15.7 Å². The molecular formula is C12H11ClN4O3. The van der Waals surface area contributed by atoms with Gasteiger partial charge in [0.05, 0.1) is 23.1 Å². The summed E-state index contributed by atoms with van der Waals surface area (Å²) in [7, 11) is 1.71. The lowest BCUT2D eigenvalue weighted by Crippen LogP contribution is -2.20. The van der Waals surface area contributed by atoms with Crippen LogP contribution in [0.5, 0.6) is 0 Å². The molecule has 104 valence electrons. The molecule has 0 radical (unpaired) electrons. The van der Waals surface area contributed by atoms with Crippen LogP contribution in [0.2, 0.25) is 5.02 Å². The number of nitrogens with zero attached hydrogens (tertiary/aromatic N) is 2.